The van der Waals surface area contributed by atoms with Gasteiger partial charge < -0.3 is 9.64 Å². The van der Waals surface area contributed by atoms with Gasteiger partial charge >= 0.3 is 5.97 Å². The van der Waals surface area contributed by atoms with Crippen molar-refractivity contribution in [1.82, 2.24) is 4.90 Å². The molecule has 0 aliphatic carbocycles. The molecular formula is C23H19BrN2O4S2. The van der Waals surface area contributed by atoms with Crippen LogP contribution in [0.2, 0.25) is 0 Å². The zero-order valence-electron chi connectivity index (χ0n) is 17.3. The van der Waals surface area contributed by atoms with Gasteiger partial charge in [-0.2, -0.15) is 0 Å². The zero-order valence-corrected chi connectivity index (χ0v) is 20.6. The van der Waals surface area contributed by atoms with Crippen molar-refractivity contribution in [2.45, 2.75) is 19.4 Å². The molecule has 1 fully saturated rings. The number of rotatable bonds is 5. The number of esters is 1. The van der Waals surface area contributed by atoms with E-state index in [1.165, 1.54) is 9.80 Å². The van der Waals surface area contributed by atoms with Crippen molar-refractivity contribution < 1.29 is 19.1 Å². The fourth-order valence-electron chi connectivity index (χ4n) is 3.67. The Morgan fingerprint density at radius 1 is 1.16 bits per heavy atom. The largest absolute Gasteiger partial charge is 0.464 e. The van der Waals surface area contributed by atoms with Gasteiger partial charge in [-0.25, -0.2) is 4.79 Å². The van der Waals surface area contributed by atoms with E-state index in [2.05, 4.69) is 15.9 Å². The lowest BCUT2D eigenvalue weighted by Crippen LogP contribution is -2.38. The number of nitrogens with zero attached hydrogens (tertiary/aromatic N) is 2. The van der Waals surface area contributed by atoms with Crippen molar-refractivity contribution in [2.75, 3.05) is 18.6 Å². The zero-order chi connectivity index (χ0) is 23.0. The standard InChI is InChI=1S/C23H19BrN2O4S2/c1-3-11-30-22(29)18(13-7-5-4-6-8-13)26-21(28)19(32-23(26)31)17-15-12-14(24)9-10-16(15)25(2)20(17)27/h4-10,12,18H,3,11H2,1-2H3/b19-17-. The highest BCUT2D eigenvalue weighted by Crippen LogP contribution is 2.46. The number of anilines is 1. The Bertz CT molecular complexity index is 1170. The van der Waals surface area contributed by atoms with Gasteiger partial charge in [-0.05, 0) is 30.2 Å². The van der Waals surface area contributed by atoms with E-state index in [0.717, 1.165) is 16.2 Å². The summed E-state index contributed by atoms with van der Waals surface area (Å²) in [6.07, 6.45) is 0.655. The summed E-state index contributed by atoms with van der Waals surface area (Å²) in [4.78, 5) is 42.7. The lowest BCUT2D eigenvalue weighted by molar-refractivity contribution is -0.151. The third-order valence-corrected chi connectivity index (χ3v) is 7.07. The molecule has 2 heterocycles. The maximum Gasteiger partial charge on any atom is 0.333 e. The maximum absolute atomic E-state index is 13.6. The van der Waals surface area contributed by atoms with Crippen molar-refractivity contribution in [1.29, 1.82) is 0 Å². The van der Waals surface area contributed by atoms with Crippen LogP contribution in [0.4, 0.5) is 5.69 Å². The average molecular weight is 531 g/mol. The first kappa shape index (κ1) is 22.7. The highest BCUT2D eigenvalue weighted by molar-refractivity contribution is 9.10. The van der Waals surface area contributed by atoms with Crippen LogP contribution >= 0.6 is 39.9 Å². The van der Waals surface area contributed by atoms with Crippen molar-refractivity contribution in [3.8, 4) is 0 Å². The Labute approximate surface area is 203 Å². The molecule has 2 aliphatic rings. The summed E-state index contributed by atoms with van der Waals surface area (Å²) < 4.78 is 6.39. The number of hydrogen-bond acceptors (Lipinski definition) is 6. The summed E-state index contributed by atoms with van der Waals surface area (Å²) in [5.41, 5.74) is 2.24. The predicted octanol–water partition coefficient (Wildman–Crippen LogP) is 4.69. The normalized spacial score (nSPS) is 18.9. The van der Waals surface area contributed by atoms with Crippen molar-refractivity contribution in [3.05, 3.63) is 69.0 Å². The molecule has 0 N–H and O–H groups in total. The number of amides is 2. The second-order valence-corrected chi connectivity index (χ2v) is 9.81. The van der Waals surface area contributed by atoms with E-state index in [-0.39, 0.29) is 27.3 Å². The van der Waals surface area contributed by atoms with E-state index in [9.17, 15) is 14.4 Å². The fourth-order valence-corrected chi connectivity index (χ4v) is 5.42. The molecule has 0 radical (unpaired) electrons. The van der Waals surface area contributed by atoms with Gasteiger partial charge in [0.1, 0.15) is 4.32 Å². The number of thiocarbonyl (C=S) groups is 1. The van der Waals surface area contributed by atoms with Gasteiger partial charge in [-0.3, -0.25) is 14.5 Å². The molecule has 2 amide bonds. The third-order valence-electron chi connectivity index (χ3n) is 5.18. The Morgan fingerprint density at radius 2 is 1.88 bits per heavy atom. The predicted molar refractivity (Wildman–Crippen MR) is 132 cm³/mol. The smallest absolute Gasteiger partial charge is 0.333 e. The molecule has 2 aromatic carbocycles. The first-order chi connectivity index (χ1) is 15.3. The Morgan fingerprint density at radius 3 is 2.56 bits per heavy atom. The molecule has 2 aromatic rings. The van der Waals surface area contributed by atoms with Crippen molar-refractivity contribution in [2.24, 2.45) is 0 Å². The summed E-state index contributed by atoms with van der Waals surface area (Å²) in [5, 5.41) is 0. The molecule has 4 rings (SSSR count). The quantitative estimate of drug-likeness (QED) is 0.317. The van der Waals surface area contributed by atoms with Gasteiger partial charge in [0.15, 0.2) is 6.04 Å². The maximum atomic E-state index is 13.6. The van der Waals surface area contributed by atoms with Gasteiger partial charge in [-0.15, -0.1) is 0 Å². The summed E-state index contributed by atoms with van der Waals surface area (Å²) in [7, 11) is 1.66. The molecule has 0 aromatic heterocycles. The minimum Gasteiger partial charge on any atom is -0.464 e. The van der Waals surface area contributed by atoms with Crippen LogP contribution in [-0.4, -0.2) is 40.7 Å². The molecule has 0 spiro atoms. The lowest BCUT2D eigenvalue weighted by atomic mass is 10.0. The molecular weight excluding hydrogens is 512 g/mol. The van der Waals surface area contributed by atoms with E-state index < -0.39 is 17.9 Å². The first-order valence-corrected chi connectivity index (χ1v) is 12.0. The SMILES string of the molecule is CCCOC(=O)C(c1ccccc1)N1C(=O)/C(=C2/C(=O)N(C)c3ccc(Br)cc32)SC1=S. The number of benzene rings is 2. The average Bonchev–Trinajstić information content (AvgIpc) is 3.20. The highest BCUT2D eigenvalue weighted by Gasteiger charge is 2.46. The number of halogens is 1. The van der Waals surface area contributed by atoms with Gasteiger partial charge in [0.2, 0.25) is 0 Å². The van der Waals surface area contributed by atoms with Gasteiger partial charge in [-0.1, -0.05) is 77.2 Å². The molecule has 1 saturated heterocycles. The molecule has 0 bridgehead atoms. The molecule has 9 heteroatoms. The second kappa shape index (κ2) is 9.17. The Kier molecular flexibility index (Phi) is 6.50. The van der Waals surface area contributed by atoms with Crippen LogP contribution in [0.25, 0.3) is 5.57 Å². The Balaban J connectivity index is 1.81. The first-order valence-electron chi connectivity index (χ1n) is 9.94. The van der Waals surface area contributed by atoms with Gasteiger partial charge in [0.05, 0.1) is 22.8 Å². The number of likely N-dealkylation sites (N-methyl/N-ethyl adjacent to an activating group) is 1. The summed E-state index contributed by atoms with van der Waals surface area (Å²) >= 11 is 9.99. The van der Waals surface area contributed by atoms with Crippen molar-refractivity contribution in [3.63, 3.8) is 0 Å². The summed E-state index contributed by atoms with van der Waals surface area (Å²) in [6, 6.07) is 13.4. The van der Waals surface area contributed by atoms with Crippen LogP contribution in [0.3, 0.4) is 0 Å². The Hall–Kier alpha value is -2.49. The lowest BCUT2D eigenvalue weighted by Gasteiger charge is -2.25. The van der Waals surface area contributed by atoms with E-state index in [1.54, 1.807) is 31.3 Å². The van der Waals surface area contributed by atoms with E-state index in [0.29, 0.717) is 23.2 Å². The molecule has 32 heavy (non-hydrogen) atoms. The van der Waals surface area contributed by atoms with Gasteiger partial charge in [0, 0.05) is 17.1 Å². The number of carbonyl (C=O) groups excluding carboxylic acids is 3. The van der Waals surface area contributed by atoms with Crippen LogP contribution in [-0.2, 0) is 19.1 Å². The van der Waals surface area contributed by atoms with Gasteiger partial charge in [0.25, 0.3) is 11.8 Å². The van der Waals surface area contributed by atoms with Crippen LogP contribution in [0.5, 0.6) is 0 Å². The number of thioether (sulfide) groups is 1. The monoisotopic (exact) mass is 530 g/mol. The van der Waals surface area contributed by atoms with Crippen LogP contribution in [0.15, 0.2) is 57.9 Å². The highest BCUT2D eigenvalue weighted by atomic mass is 79.9. The second-order valence-electron chi connectivity index (χ2n) is 7.25. The van der Waals surface area contributed by atoms with Crippen LogP contribution < -0.4 is 4.90 Å². The minimum atomic E-state index is -1.02. The van der Waals surface area contributed by atoms with E-state index >= 15 is 0 Å². The number of carbonyl (C=O) groups is 3. The topological polar surface area (TPSA) is 66.9 Å². The number of fused-ring (bicyclic) bond motifs is 1. The molecule has 0 saturated carbocycles. The fraction of sp³-hybridized carbons (Fsp3) is 0.217. The summed E-state index contributed by atoms with van der Waals surface area (Å²) in [5.74, 6) is -1.33. The molecule has 1 atom stereocenters. The molecule has 2 aliphatic heterocycles. The van der Waals surface area contributed by atoms with E-state index in [1.807, 2.05) is 31.2 Å². The van der Waals surface area contributed by atoms with Crippen LogP contribution in [0.1, 0.15) is 30.5 Å². The summed E-state index contributed by atoms with van der Waals surface area (Å²) in [6.45, 7) is 2.13. The number of ether oxygens (including phenoxy) is 1. The van der Waals surface area contributed by atoms with Crippen molar-refractivity contribution >= 4 is 73.3 Å². The molecule has 6 nitrogen and oxygen atoms in total. The van der Waals surface area contributed by atoms with E-state index in [4.69, 9.17) is 17.0 Å². The minimum absolute atomic E-state index is 0.207. The van der Waals surface area contributed by atoms with Crippen LogP contribution in [0, 0.1) is 0 Å². The molecule has 164 valence electrons. The number of hydrogen-bond donors (Lipinski definition) is 0. The third kappa shape index (κ3) is 3.89. The molecule has 1 unspecified atom stereocenters.